The fourth-order valence-corrected chi connectivity index (χ4v) is 5.10. The van der Waals surface area contributed by atoms with Crippen molar-refractivity contribution in [2.24, 2.45) is 0 Å². The Kier molecular flexibility index (Phi) is 6.84. The van der Waals surface area contributed by atoms with Crippen molar-refractivity contribution in [1.82, 2.24) is 4.72 Å². The molecule has 160 valence electrons. The molecule has 2 amide bonds. The molecule has 0 radical (unpaired) electrons. The second kappa shape index (κ2) is 9.20. The van der Waals surface area contributed by atoms with E-state index in [0.717, 1.165) is 16.1 Å². The van der Waals surface area contributed by atoms with Crippen LogP contribution < -0.4 is 14.9 Å². The van der Waals surface area contributed by atoms with Gasteiger partial charge >= 0.3 is 0 Å². The SMILES string of the molecule is CSc1cccc(NC(=O)CCNS(=O)(=O)c2ccc3c(c2)C[C@H](C)N3C(C)=O)c1. The van der Waals surface area contributed by atoms with Gasteiger partial charge in [-0.3, -0.25) is 9.59 Å². The third-order valence-electron chi connectivity index (χ3n) is 4.91. The Morgan fingerprint density at radius 3 is 2.67 bits per heavy atom. The zero-order valence-electron chi connectivity index (χ0n) is 17.1. The summed E-state index contributed by atoms with van der Waals surface area (Å²) in [6.07, 6.45) is 2.57. The van der Waals surface area contributed by atoms with Crippen LogP contribution in [-0.2, 0) is 26.0 Å². The Morgan fingerprint density at radius 2 is 1.97 bits per heavy atom. The van der Waals surface area contributed by atoms with Gasteiger partial charge in [0.25, 0.3) is 0 Å². The number of hydrogen-bond acceptors (Lipinski definition) is 5. The maximum absolute atomic E-state index is 12.6. The zero-order valence-corrected chi connectivity index (χ0v) is 18.8. The molecule has 30 heavy (non-hydrogen) atoms. The van der Waals surface area contributed by atoms with E-state index < -0.39 is 10.0 Å². The zero-order chi connectivity index (χ0) is 21.9. The lowest BCUT2D eigenvalue weighted by Gasteiger charge is -2.20. The minimum Gasteiger partial charge on any atom is -0.326 e. The highest BCUT2D eigenvalue weighted by Gasteiger charge is 2.30. The van der Waals surface area contributed by atoms with Crippen molar-refractivity contribution in [3.8, 4) is 0 Å². The summed E-state index contributed by atoms with van der Waals surface area (Å²) in [6.45, 7) is 3.42. The van der Waals surface area contributed by atoms with Crippen LogP contribution in [0.15, 0.2) is 52.3 Å². The van der Waals surface area contributed by atoms with Gasteiger partial charge < -0.3 is 10.2 Å². The Hall–Kier alpha value is -2.36. The first-order valence-corrected chi connectivity index (χ1v) is 12.3. The van der Waals surface area contributed by atoms with Crippen molar-refractivity contribution in [1.29, 1.82) is 0 Å². The van der Waals surface area contributed by atoms with Gasteiger partial charge in [-0.1, -0.05) is 6.07 Å². The Labute approximate surface area is 181 Å². The normalized spacial score (nSPS) is 15.7. The van der Waals surface area contributed by atoms with Gasteiger partial charge in [-0.2, -0.15) is 0 Å². The van der Waals surface area contributed by atoms with Gasteiger partial charge in [0.15, 0.2) is 0 Å². The van der Waals surface area contributed by atoms with E-state index >= 15 is 0 Å². The minimum absolute atomic E-state index is 0.00304. The average Bonchev–Trinajstić information content (AvgIpc) is 3.03. The van der Waals surface area contributed by atoms with Crippen molar-refractivity contribution in [3.05, 3.63) is 48.0 Å². The van der Waals surface area contributed by atoms with E-state index in [2.05, 4.69) is 10.0 Å². The number of fused-ring (bicyclic) bond motifs is 1. The fraction of sp³-hybridized carbons (Fsp3) is 0.333. The standard InChI is InChI=1S/C21H25N3O4S2/c1-14-11-16-12-19(7-8-20(16)24(14)15(2)25)30(27,28)22-10-9-21(26)23-17-5-4-6-18(13-17)29-3/h4-8,12-14,22H,9-11H2,1-3H3,(H,23,26)/t14-/m0/s1. The Morgan fingerprint density at radius 1 is 1.20 bits per heavy atom. The van der Waals surface area contributed by atoms with Crippen LogP contribution >= 0.6 is 11.8 Å². The first-order chi connectivity index (χ1) is 14.2. The lowest BCUT2D eigenvalue weighted by Crippen LogP contribution is -2.33. The van der Waals surface area contributed by atoms with Gasteiger partial charge in [-0.15, -0.1) is 11.8 Å². The number of thioether (sulfide) groups is 1. The van der Waals surface area contributed by atoms with Crippen LogP contribution in [0.4, 0.5) is 11.4 Å². The van der Waals surface area contributed by atoms with E-state index in [1.165, 1.54) is 13.0 Å². The minimum atomic E-state index is -3.75. The summed E-state index contributed by atoms with van der Waals surface area (Å²) in [7, 11) is -3.75. The molecule has 0 fully saturated rings. The predicted octanol–water partition coefficient (Wildman–Crippen LogP) is 3.01. The summed E-state index contributed by atoms with van der Waals surface area (Å²) in [5, 5.41) is 2.77. The van der Waals surface area contributed by atoms with E-state index in [0.29, 0.717) is 12.1 Å². The molecule has 2 aromatic carbocycles. The number of anilines is 2. The average molecular weight is 448 g/mol. The molecule has 2 N–H and O–H groups in total. The molecule has 0 spiro atoms. The number of carbonyl (C=O) groups excluding carboxylic acids is 2. The molecule has 1 aliphatic rings. The van der Waals surface area contributed by atoms with Crippen molar-refractivity contribution < 1.29 is 18.0 Å². The summed E-state index contributed by atoms with van der Waals surface area (Å²) in [5.74, 6) is -0.333. The third-order valence-corrected chi connectivity index (χ3v) is 7.10. The summed E-state index contributed by atoms with van der Waals surface area (Å²) in [5.41, 5.74) is 2.25. The molecule has 0 saturated heterocycles. The van der Waals surface area contributed by atoms with Crippen molar-refractivity contribution in [3.63, 3.8) is 0 Å². The largest absolute Gasteiger partial charge is 0.326 e. The number of hydrogen-bond donors (Lipinski definition) is 2. The first kappa shape index (κ1) is 22.3. The van der Waals surface area contributed by atoms with Crippen LogP contribution in [0.25, 0.3) is 0 Å². The third kappa shape index (κ3) is 5.03. The van der Waals surface area contributed by atoms with Gasteiger partial charge in [0.05, 0.1) is 4.90 Å². The summed E-state index contributed by atoms with van der Waals surface area (Å²) >= 11 is 1.57. The molecule has 0 aliphatic carbocycles. The molecule has 1 heterocycles. The van der Waals surface area contributed by atoms with Crippen LogP contribution in [0.5, 0.6) is 0 Å². The molecule has 0 saturated carbocycles. The number of rotatable bonds is 7. The molecule has 0 bridgehead atoms. The highest BCUT2D eigenvalue weighted by Crippen LogP contribution is 2.33. The molecule has 0 aromatic heterocycles. The second-order valence-corrected chi connectivity index (χ2v) is 9.81. The molecule has 3 rings (SSSR count). The Bertz CT molecular complexity index is 1070. The highest BCUT2D eigenvalue weighted by molar-refractivity contribution is 7.98. The van der Waals surface area contributed by atoms with E-state index in [-0.39, 0.29) is 35.7 Å². The van der Waals surface area contributed by atoms with Crippen molar-refractivity contribution >= 4 is 45.0 Å². The van der Waals surface area contributed by atoms with Crippen LogP contribution in [0.1, 0.15) is 25.8 Å². The number of nitrogens with zero attached hydrogens (tertiary/aromatic N) is 1. The number of benzene rings is 2. The summed E-state index contributed by atoms with van der Waals surface area (Å²) < 4.78 is 27.7. The van der Waals surface area contributed by atoms with E-state index in [4.69, 9.17) is 0 Å². The van der Waals surface area contributed by atoms with E-state index in [9.17, 15) is 18.0 Å². The van der Waals surface area contributed by atoms with Gasteiger partial charge in [0.1, 0.15) is 0 Å². The maximum atomic E-state index is 12.6. The van der Waals surface area contributed by atoms with Gasteiger partial charge in [0, 0.05) is 42.2 Å². The monoisotopic (exact) mass is 447 g/mol. The molecular weight excluding hydrogens is 422 g/mol. The predicted molar refractivity (Wildman–Crippen MR) is 119 cm³/mol. The Balaban J connectivity index is 1.60. The van der Waals surface area contributed by atoms with Crippen LogP contribution in [0.3, 0.4) is 0 Å². The highest BCUT2D eigenvalue weighted by atomic mass is 32.2. The first-order valence-electron chi connectivity index (χ1n) is 9.57. The molecule has 9 heteroatoms. The van der Waals surface area contributed by atoms with Gasteiger partial charge in [-0.05, 0) is 61.6 Å². The van der Waals surface area contributed by atoms with Gasteiger partial charge in [0.2, 0.25) is 21.8 Å². The molecular formula is C21H25N3O4S2. The molecule has 2 aromatic rings. The van der Waals surface area contributed by atoms with E-state index in [1.807, 2.05) is 31.4 Å². The second-order valence-electron chi connectivity index (χ2n) is 7.16. The molecule has 1 atom stereocenters. The van der Waals surface area contributed by atoms with Crippen LogP contribution in [-0.4, -0.2) is 39.1 Å². The topological polar surface area (TPSA) is 95.6 Å². The lowest BCUT2D eigenvalue weighted by molar-refractivity contribution is -0.117. The maximum Gasteiger partial charge on any atom is 0.240 e. The lowest BCUT2D eigenvalue weighted by atomic mass is 10.1. The molecule has 0 unspecified atom stereocenters. The number of nitrogens with one attached hydrogen (secondary N) is 2. The van der Waals surface area contributed by atoms with Crippen molar-refractivity contribution in [2.45, 2.75) is 42.5 Å². The number of sulfonamides is 1. The number of carbonyl (C=O) groups is 2. The van der Waals surface area contributed by atoms with Crippen LogP contribution in [0, 0.1) is 0 Å². The van der Waals surface area contributed by atoms with Gasteiger partial charge in [-0.25, -0.2) is 13.1 Å². The number of amides is 2. The summed E-state index contributed by atoms with van der Waals surface area (Å²) in [4.78, 5) is 26.8. The van der Waals surface area contributed by atoms with Crippen LogP contribution in [0.2, 0.25) is 0 Å². The smallest absolute Gasteiger partial charge is 0.240 e. The molecule has 1 aliphatic heterocycles. The fourth-order valence-electron chi connectivity index (χ4n) is 3.56. The van der Waals surface area contributed by atoms with E-state index in [1.54, 1.807) is 34.9 Å². The summed E-state index contributed by atoms with van der Waals surface area (Å²) in [6, 6.07) is 12.2. The molecule has 7 nitrogen and oxygen atoms in total. The van der Waals surface area contributed by atoms with Crippen molar-refractivity contribution in [2.75, 3.05) is 23.0 Å². The quantitative estimate of drug-likeness (QED) is 0.636.